The van der Waals surface area contributed by atoms with E-state index in [1.807, 2.05) is 0 Å². The van der Waals surface area contributed by atoms with E-state index < -0.39 is 0 Å². The van der Waals surface area contributed by atoms with Gasteiger partial charge in [-0.15, -0.1) is 0 Å². The summed E-state index contributed by atoms with van der Waals surface area (Å²) in [4.78, 5) is 0.451. The largest absolute Gasteiger partial charge is 0.508 e. The van der Waals surface area contributed by atoms with Crippen LogP contribution in [0.3, 0.4) is 0 Å². The van der Waals surface area contributed by atoms with Crippen LogP contribution in [0.5, 0.6) is 11.5 Å². The Hall–Kier alpha value is -1.29. The van der Waals surface area contributed by atoms with Gasteiger partial charge < -0.3 is 15.5 Å². The lowest BCUT2D eigenvalue weighted by Crippen LogP contribution is -2.16. The number of rotatable bonds is 1. The smallest absolute Gasteiger partial charge is 0.129 e. The first-order valence-corrected chi connectivity index (χ1v) is 3.80. The Balaban J connectivity index is 3.09. The van der Waals surface area contributed by atoms with Gasteiger partial charge in [-0.25, -0.2) is 0 Å². The van der Waals surface area contributed by atoms with Crippen LogP contribution in [0.25, 0.3) is 0 Å². The van der Waals surface area contributed by atoms with E-state index in [0.717, 1.165) is 0 Å². The Morgan fingerprint density at radius 3 is 2.58 bits per heavy atom. The maximum atomic E-state index is 9.31. The summed E-state index contributed by atoms with van der Waals surface area (Å²) >= 11 is 4.90. The van der Waals surface area contributed by atoms with Crippen LogP contribution in [0, 0.1) is 0 Å². The maximum absolute atomic E-state index is 9.31. The average molecular weight is 183 g/mol. The number of benzene rings is 1. The van der Waals surface area contributed by atoms with Gasteiger partial charge in [-0.2, -0.15) is 0 Å². The van der Waals surface area contributed by atoms with Crippen molar-refractivity contribution in [2.24, 2.45) is 0 Å². The minimum absolute atomic E-state index is 0.0191. The zero-order chi connectivity index (χ0) is 9.14. The highest BCUT2D eigenvalue weighted by atomic mass is 32.1. The summed E-state index contributed by atoms with van der Waals surface area (Å²) < 4.78 is 0. The third kappa shape index (κ3) is 1.65. The molecule has 0 heterocycles. The van der Waals surface area contributed by atoms with Gasteiger partial charge in [0.2, 0.25) is 0 Å². The van der Waals surface area contributed by atoms with Crippen LogP contribution in [0.2, 0.25) is 0 Å². The average Bonchev–Trinajstić information content (AvgIpc) is 2.03. The molecule has 0 spiro atoms. The van der Waals surface area contributed by atoms with Crippen LogP contribution in [0.1, 0.15) is 5.56 Å². The second-order valence-corrected chi connectivity index (χ2v) is 2.69. The molecule has 0 aliphatic rings. The summed E-state index contributed by atoms with van der Waals surface area (Å²) in [6, 6.07) is 4.28. The van der Waals surface area contributed by atoms with Gasteiger partial charge in [-0.3, -0.25) is 0 Å². The Labute approximate surface area is 75.7 Å². The van der Waals surface area contributed by atoms with Gasteiger partial charge in [0, 0.05) is 13.1 Å². The van der Waals surface area contributed by atoms with Crippen LogP contribution < -0.4 is 5.32 Å². The fourth-order valence-corrected chi connectivity index (χ4v) is 1.02. The first kappa shape index (κ1) is 8.80. The molecule has 4 heteroatoms. The highest BCUT2D eigenvalue weighted by Gasteiger charge is 2.05. The second kappa shape index (κ2) is 3.40. The quantitative estimate of drug-likeness (QED) is 0.568. The van der Waals surface area contributed by atoms with Crippen molar-refractivity contribution in [2.75, 3.05) is 7.05 Å². The van der Waals surface area contributed by atoms with Crippen molar-refractivity contribution in [3.63, 3.8) is 0 Å². The number of aromatic hydroxyl groups is 2. The Kier molecular flexibility index (Phi) is 2.50. The summed E-state index contributed by atoms with van der Waals surface area (Å²) in [5.74, 6) is 0.00417. The standard InChI is InChI=1S/C8H9NO2S/c1-9-8(12)6-3-2-5(10)4-7(6)11/h2-4,10-11H,1H3,(H,9,12). The Morgan fingerprint density at radius 2 is 2.08 bits per heavy atom. The number of thiocarbonyl (C=S) groups is 1. The van der Waals surface area contributed by atoms with Gasteiger partial charge in [-0.1, -0.05) is 12.2 Å². The summed E-state index contributed by atoms with van der Waals surface area (Å²) in [5, 5.41) is 21.0. The minimum Gasteiger partial charge on any atom is -0.508 e. The van der Waals surface area contributed by atoms with E-state index in [9.17, 15) is 5.11 Å². The predicted molar refractivity (Wildman–Crippen MR) is 50.5 cm³/mol. The fourth-order valence-electron chi connectivity index (χ4n) is 0.847. The maximum Gasteiger partial charge on any atom is 0.129 e. The van der Waals surface area contributed by atoms with Gasteiger partial charge in [-0.05, 0) is 12.1 Å². The van der Waals surface area contributed by atoms with Gasteiger partial charge in [0.15, 0.2) is 0 Å². The first-order chi connectivity index (χ1) is 5.65. The predicted octanol–water partition coefficient (Wildman–Crippen LogP) is 0.993. The molecule has 1 aromatic carbocycles. The molecule has 0 aliphatic heterocycles. The second-order valence-electron chi connectivity index (χ2n) is 2.28. The van der Waals surface area contributed by atoms with E-state index >= 15 is 0 Å². The highest BCUT2D eigenvalue weighted by Crippen LogP contribution is 2.22. The zero-order valence-electron chi connectivity index (χ0n) is 6.53. The molecular formula is C8H9NO2S. The molecule has 0 saturated carbocycles. The molecular weight excluding hydrogens is 174 g/mol. The first-order valence-electron chi connectivity index (χ1n) is 3.39. The highest BCUT2D eigenvalue weighted by molar-refractivity contribution is 7.80. The van der Waals surface area contributed by atoms with E-state index in [4.69, 9.17) is 17.3 Å². The van der Waals surface area contributed by atoms with Crippen molar-refractivity contribution in [2.45, 2.75) is 0 Å². The molecule has 3 nitrogen and oxygen atoms in total. The zero-order valence-corrected chi connectivity index (χ0v) is 7.35. The van der Waals surface area contributed by atoms with E-state index in [2.05, 4.69) is 5.32 Å². The molecule has 0 fully saturated rings. The van der Waals surface area contributed by atoms with Gasteiger partial charge >= 0.3 is 0 Å². The topological polar surface area (TPSA) is 52.5 Å². The minimum atomic E-state index is -0.0191. The van der Waals surface area contributed by atoms with Crippen LogP contribution in [-0.4, -0.2) is 22.2 Å². The Bertz CT molecular complexity index is 312. The summed E-state index contributed by atoms with van der Waals surface area (Å²) in [6.45, 7) is 0. The van der Waals surface area contributed by atoms with Gasteiger partial charge in [0.1, 0.15) is 16.5 Å². The number of hydrogen-bond acceptors (Lipinski definition) is 3. The number of nitrogens with one attached hydrogen (secondary N) is 1. The lowest BCUT2D eigenvalue weighted by molar-refractivity contribution is 0.450. The van der Waals surface area contributed by atoms with Crippen LogP contribution in [0.4, 0.5) is 0 Å². The number of phenolic OH excluding ortho intramolecular Hbond substituents is 2. The SMILES string of the molecule is CNC(=S)c1ccc(O)cc1O. The van der Waals surface area contributed by atoms with Crippen LogP contribution >= 0.6 is 12.2 Å². The number of hydrogen-bond donors (Lipinski definition) is 3. The molecule has 0 bridgehead atoms. The Morgan fingerprint density at radius 1 is 1.42 bits per heavy atom. The van der Waals surface area contributed by atoms with Crippen molar-refractivity contribution in [1.82, 2.24) is 5.32 Å². The molecule has 0 aromatic heterocycles. The summed E-state index contributed by atoms with van der Waals surface area (Å²) in [6.07, 6.45) is 0. The summed E-state index contributed by atoms with van der Waals surface area (Å²) in [7, 11) is 1.68. The lowest BCUT2D eigenvalue weighted by atomic mass is 10.2. The van der Waals surface area contributed by atoms with E-state index in [-0.39, 0.29) is 11.5 Å². The monoisotopic (exact) mass is 183 g/mol. The molecule has 0 aliphatic carbocycles. The molecule has 1 rings (SSSR count). The van der Waals surface area contributed by atoms with E-state index in [1.165, 1.54) is 12.1 Å². The molecule has 1 aromatic rings. The van der Waals surface area contributed by atoms with Crippen molar-refractivity contribution < 1.29 is 10.2 Å². The third-order valence-electron chi connectivity index (χ3n) is 1.45. The molecule has 0 unspecified atom stereocenters. The molecule has 0 amide bonds. The summed E-state index contributed by atoms with van der Waals surface area (Å²) in [5.41, 5.74) is 0.519. The van der Waals surface area contributed by atoms with Crippen molar-refractivity contribution in [1.29, 1.82) is 0 Å². The van der Waals surface area contributed by atoms with Crippen molar-refractivity contribution in [3.8, 4) is 11.5 Å². The van der Waals surface area contributed by atoms with Crippen LogP contribution in [0.15, 0.2) is 18.2 Å². The molecule has 12 heavy (non-hydrogen) atoms. The normalized spacial score (nSPS) is 9.42. The molecule has 0 saturated heterocycles. The van der Waals surface area contributed by atoms with Crippen molar-refractivity contribution in [3.05, 3.63) is 23.8 Å². The van der Waals surface area contributed by atoms with E-state index in [1.54, 1.807) is 13.1 Å². The van der Waals surface area contributed by atoms with Crippen molar-refractivity contribution >= 4 is 17.2 Å². The molecule has 0 radical (unpaired) electrons. The van der Waals surface area contributed by atoms with Crippen LogP contribution in [-0.2, 0) is 0 Å². The molecule has 64 valence electrons. The third-order valence-corrected chi connectivity index (χ3v) is 1.88. The lowest BCUT2D eigenvalue weighted by Gasteiger charge is -2.05. The molecule has 3 N–H and O–H groups in total. The fraction of sp³-hybridized carbons (Fsp3) is 0.125. The van der Waals surface area contributed by atoms with E-state index in [0.29, 0.717) is 10.6 Å². The molecule has 0 atom stereocenters. The number of phenols is 2. The van der Waals surface area contributed by atoms with Gasteiger partial charge in [0.25, 0.3) is 0 Å². The van der Waals surface area contributed by atoms with Gasteiger partial charge in [0.05, 0.1) is 5.56 Å².